The molecule has 0 radical (unpaired) electrons. The van der Waals surface area contributed by atoms with Crippen molar-refractivity contribution >= 4 is 32.5 Å². The lowest BCUT2D eigenvalue weighted by atomic mass is 10.0. The van der Waals surface area contributed by atoms with Gasteiger partial charge in [-0.3, -0.25) is 9.52 Å². The Balaban J connectivity index is 2.01. The van der Waals surface area contributed by atoms with Crippen LogP contribution in [0.2, 0.25) is 0 Å². The molecule has 0 unspecified atom stereocenters. The number of benzene rings is 1. The zero-order valence-corrected chi connectivity index (χ0v) is 14.2. The van der Waals surface area contributed by atoms with Gasteiger partial charge in [-0.1, -0.05) is 13.0 Å². The highest BCUT2D eigenvalue weighted by atomic mass is 32.2. The lowest BCUT2D eigenvalue weighted by Gasteiger charge is -2.10. The molecule has 3 aromatic rings. The van der Waals surface area contributed by atoms with Crippen molar-refractivity contribution in [3.63, 3.8) is 0 Å². The summed E-state index contributed by atoms with van der Waals surface area (Å²) in [5, 5.41) is 0.573. The van der Waals surface area contributed by atoms with E-state index in [0.717, 1.165) is 0 Å². The third kappa shape index (κ3) is 3.39. The van der Waals surface area contributed by atoms with Crippen LogP contribution in [-0.4, -0.2) is 29.9 Å². The van der Waals surface area contributed by atoms with E-state index >= 15 is 0 Å². The van der Waals surface area contributed by atoms with E-state index in [-0.39, 0.29) is 22.6 Å². The number of ketones is 1. The molecule has 0 bridgehead atoms. The fourth-order valence-electron chi connectivity index (χ4n) is 2.56. The van der Waals surface area contributed by atoms with E-state index in [4.69, 9.17) is 0 Å². The third-order valence-electron chi connectivity index (χ3n) is 3.68. The van der Waals surface area contributed by atoms with Crippen molar-refractivity contribution in [2.45, 2.75) is 13.3 Å². The summed E-state index contributed by atoms with van der Waals surface area (Å²) in [6.07, 6.45) is 3.45. The van der Waals surface area contributed by atoms with Gasteiger partial charge in [0.25, 0.3) is 0 Å². The molecule has 0 atom stereocenters. The highest BCUT2D eigenvalue weighted by Crippen LogP contribution is 2.25. The Bertz CT molecular complexity index is 1040. The molecule has 130 valence electrons. The van der Waals surface area contributed by atoms with Gasteiger partial charge in [-0.05, 0) is 30.7 Å². The number of pyridine rings is 1. The molecule has 0 fully saturated rings. The lowest BCUT2D eigenvalue weighted by Crippen LogP contribution is -2.18. The van der Waals surface area contributed by atoms with Crippen molar-refractivity contribution in [2.75, 3.05) is 10.5 Å². The van der Waals surface area contributed by atoms with Gasteiger partial charge in [0.1, 0.15) is 5.65 Å². The van der Waals surface area contributed by atoms with Gasteiger partial charge in [-0.2, -0.15) is 0 Å². The van der Waals surface area contributed by atoms with E-state index in [9.17, 15) is 17.6 Å². The first kappa shape index (κ1) is 17.1. The van der Waals surface area contributed by atoms with Gasteiger partial charge in [0.05, 0.1) is 17.0 Å². The molecular weight excluding hydrogens is 345 g/mol. The molecule has 0 amide bonds. The van der Waals surface area contributed by atoms with Crippen LogP contribution in [0.3, 0.4) is 0 Å². The maximum atomic E-state index is 14.7. The summed E-state index contributed by atoms with van der Waals surface area (Å²) in [6.45, 7) is 1.71. The van der Waals surface area contributed by atoms with E-state index < -0.39 is 21.6 Å². The van der Waals surface area contributed by atoms with E-state index in [1.165, 1.54) is 24.4 Å². The lowest BCUT2D eigenvalue weighted by molar-refractivity contribution is 0.103. The monoisotopic (exact) mass is 361 g/mol. The number of anilines is 1. The maximum absolute atomic E-state index is 14.7. The van der Waals surface area contributed by atoms with E-state index in [2.05, 4.69) is 14.7 Å². The number of nitrogens with zero attached hydrogens (tertiary/aromatic N) is 1. The van der Waals surface area contributed by atoms with Crippen LogP contribution in [0, 0.1) is 5.82 Å². The van der Waals surface area contributed by atoms with Gasteiger partial charge in [0, 0.05) is 23.3 Å². The van der Waals surface area contributed by atoms with Gasteiger partial charge in [0.15, 0.2) is 11.6 Å². The second-order valence-electron chi connectivity index (χ2n) is 5.52. The Hall–Kier alpha value is -2.74. The Morgan fingerprint density at radius 2 is 2.04 bits per heavy atom. The fourth-order valence-corrected chi connectivity index (χ4v) is 3.69. The SMILES string of the molecule is CCCS(=O)(=O)Nc1cccc(C(=O)c2c[nH]c3ncccc23)c1F. The molecule has 0 saturated carbocycles. The van der Waals surface area contributed by atoms with E-state index in [1.807, 2.05) is 0 Å². The molecule has 0 aliphatic heterocycles. The summed E-state index contributed by atoms with van der Waals surface area (Å²) in [4.78, 5) is 19.7. The summed E-state index contributed by atoms with van der Waals surface area (Å²) in [5.41, 5.74) is 0.348. The van der Waals surface area contributed by atoms with Gasteiger partial charge >= 0.3 is 0 Å². The van der Waals surface area contributed by atoms with Crippen molar-refractivity contribution in [2.24, 2.45) is 0 Å². The zero-order valence-electron chi connectivity index (χ0n) is 13.4. The van der Waals surface area contributed by atoms with E-state index in [0.29, 0.717) is 17.5 Å². The quantitative estimate of drug-likeness (QED) is 0.660. The number of hydrogen-bond donors (Lipinski definition) is 2. The minimum atomic E-state index is -3.66. The number of carbonyl (C=O) groups is 1. The normalized spacial score (nSPS) is 11.6. The minimum Gasteiger partial charge on any atom is -0.345 e. The van der Waals surface area contributed by atoms with Crippen LogP contribution in [0.15, 0.2) is 42.7 Å². The Morgan fingerprint density at radius 3 is 2.80 bits per heavy atom. The van der Waals surface area contributed by atoms with Crippen molar-refractivity contribution in [3.05, 3.63) is 59.7 Å². The summed E-state index contributed by atoms with van der Waals surface area (Å²) in [7, 11) is -3.66. The number of H-pyrrole nitrogens is 1. The first-order chi connectivity index (χ1) is 11.9. The third-order valence-corrected chi connectivity index (χ3v) is 5.15. The van der Waals surface area contributed by atoms with Crippen molar-refractivity contribution in [1.29, 1.82) is 0 Å². The molecule has 2 N–H and O–H groups in total. The Labute approximate surface area is 144 Å². The van der Waals surface area contributed by atoms with Crippen molar-refractivity contribution in [3.8, 4) is 0 Å². The fraction of sp³-hybridized carbons (Fsp3) is 0.176. The van der Waals surface area contributed by atoms with Crippen LogP contribution in [-0.2, 0) is 10.0 Å². The number of halogens is 1. The highest BCUT2D eigenvalue weighted by molar-refractivity contribution is 7.92. The van der Waals surface area contributed by atoms with Crippen LogP contribution in [0.5, 0.6) is 0 Å². The first-order valence-electron chi connectivity index (χ1n) is 7.68. The standard InChI is InChI=1S/C17H16FN3O3S/c1-2-9-25(23,24)21-14-7-3-5-12(15(14)18)16(22)13-10-20-17-11(13)6-4-8-19-17/h3-8,10,21H,2,9H2,1H3,(H,19,20). The summed E-state index contributed by atoms with van der Waals surface area (Å²) >= 11 is 0. The molecule has 0 aliphatic rings. The van der Waals surface area contributed by atoms with Crippen LogP contribution >= 0.6 is 0 Å². The molecule has 0 saturated heterocycles. The van der Waals surface area contributed by atoms with E-state index in [1.54, 1.807) is 25.3 Å². The number of fused-ring (bicyclic) bond motifs is 1. The molecule has 25 heavy (non-hydrogen) atoms. The number of rotatable bonds is 6. The van der Waals surface area contributed by atoms with Gasteiger partial charge < -0.3 is 4.98 Å². The number of sulfonamides is 1. The highest BCUT2D eigenvalue weighted by Gasteiger charge is 2.21. The Kier molecular flexibility index (Phi) is 4.54. The second kappa shape index (κ2) is 6.64. The molecule has 2 heterocycles. The predicted octanol–water partition coefficient (Wildman–Crippen LogP) is 3.08. The van der Waals surface area contributed by atoms with Gasteiger partial charge in [0.2, 0.25) is 10.0 Å². The molecule has 0 spiro atoms. The molecule has 6 nitrogen and oxygen atoms in total. The topological polar surface area (TPSA) is 91.9 Å². The first-order valence-corrected chi connectivity index (χ1v) is 9.34. The molecule has 1 aromatic carbocycles. The number of hydrogen-bond acceptors (Lipinski definition) is 4. The van der Waals surface area contributed by atoms with Crippen LogP contribution in [0.25, 0.3) is 11.0 Å². The number of aromatic amines is 1. The number of aromatic nitrogens is 2. The maximum Gasteiger partial charge on any atom is 0.232 e. The molecule has 0 aliphatic carbocycles. The van der Waals surface area contributed by atoms with Crippen molar-refractivity contribution < 1.29 is 17.6 Å². The van der Waals surface area contributed by atoms with Crippen LogP contribution in [0.1, 0.15) is 29.3 Å². The molecular formula is C17H16FN3O3S. The molecule has 2 aromatic heterocycles. The van der Waals surface area contributed by atoms with Crippen LogP contribution in [0.4, 0.5) is 10.1 Å². The second-order valence-corrected chi connectivity index (χ2v) is 7.36. The minimum absolute atomic E-state index is 0.126. The zero-order chi connectivity index (χ0) is 18.0. The predicted molar refractivity (Wildman–Crippen MR) is 93.6 cm³/mol. The van der Waals surface area contributed by atoms with Crippen LogP contribution < -0.4 is 4.72 Å². The van der Waals surface area contributed by atoms with Crippen molar-refractivity contribution in [1.82, 2.24) is 9.97 Å². The van der Waals surface area contributed by atoms with Gasteiger partial charge in [-0.25, -0.2) is 17.8 Å². The average Bonchev–Trinajstić information content (AvgIpc) is 3.00. The van der Waals surface area contributed by atoms with Gasteiger partial charge in [-0.15, -0.1) is 0 Å². The molecule has 8 heteroatoms. The summed E-state index contributed by atoms with van der Waals surface area (Å²) in [6, 6.07) is 7.43. The molecule has 3 rings (SSSR count). The Morgan fingerprint density at radius 1 is 1.24 bits per heavy atom. The smallest absolute Gasteiger partial charge is 0.232 e. The number of nitrogens with one attached hydrogen (secondary N) is 2. The largest absolute Gasteiger partial charge is 0.345 e. The number of carbonyl (C=O) groups excluding carboxylic acids is 1. The summed E-state index contributed by atoms with van der Waals surface area (Å²) in [5.74, 6) is -1.57. The average molecular weight is 361 g/mol. The summed E-state index contributed by atoms with van der Waals surface area (Å²) < 4.78 is 40.6.